The quantitative estimate of drug-likeness (QED) is 0.0623. The fourth-order valence-electron chi connectivity index (χ4n) is 7.40. The third-order valence-corrected chi connectivity index (χ3v) is 11.2. The van der Waals surface area contributed by atoms with Crippen molar-refractivity contribution >= 4 is 41.0 Å². The van der Waals surface area contributed by atoms with Gasteiger partial charge < -0.3 is 43.4 Å². The number of aryl methyl sites for hydroxylation is 2. The van der Waals surface area contributed by atoms with Gasteiger partial charge in [-0.3, -0.25) is 14.4 Å². The summed E-state index contributed by atoms with van der Waals surface area (Å²) >= 11 is 12.6. The van der Waals surface area contributed by atoms with E-state index in [-0.39, 0.29) is 61.8 Å². The Kier molecular flexibility index (Phi) is 16.0. The Bertz CT molecular complexity index is 1830. The lowest BCUT2D eigenvalue weighted by Crippen LogP contribution is -2.47. The summed E-state index contributed by atoms with van der Waals surface area (Å²) in [6.45, 7) is 6.19. The summed E-state index contributed by atoms with van der Waals surface area (Å²) in [5, 5.41) is 4.42. The van der Waals surface area contributed by atoms with E-state index in [1.807, 2.05) is 43.3 Å². The first kappa shape index (κ1) is 43.5. The second-order valence-electron chi connectivity index (χ2n) is 15.3. The molecule has 0 radical (unpaired) electrons. The molecule has 1 saturated heterocycles. The second-order valence-corrected chi connectivity index (χ2v) is 16.1. The number of carbonyl (C=O) groups is 3. The van der Waals surface area contributed by atoms with Gasteiger partial charge in [0.05, 0.1) is 28.5 Å². The minimum absolute atomic E-state index is 0.0276. The fourth-order valence-corrected chi connectivity index (χ4v) is 8.10. The highest BCUT2D eigenvalue weighted by atomic mass is 35.5. The Hall–Kier alpha value is -4.07. The van der Waals surface area contributed by atoms with E-state index in [2.05, 4.69) is 33.2 Å². The normalized spacial score (nSPS) is 19.9. The molecule has 2 saturated carbocycles. The number of esters is 2. The van der Waals surface area contributed by atoms with Crippen molar-refractivity contribution in [1.82, 2.24) is 10.2 Å². The minimum Gasteiger partial charge on any atom is -0.493 e. The van der Waals surface area contributed by atoms with Gasteiger partial charge in [-0.05, 0) is 117 Å². The van der Waals surface area contributed by atoms with Gasteiger partial charge in [-0.2, -0.15) is 0 Å². The van der Waals surface area contributed by atoms with Crippen molar-refractivity contribution in [3.8, 4) is 17.2 Å². The van der Waals surface area contributed by atoms with Crippen LogP contribution in [0.1, 0.15) is 67.2 Å². The van der Waals surface area contributed by atoms with E-state index >= 15 is 0 Å². The van der Waals surface area contributed by atoms with Crippen LogP contribution in [0.5, 0.6) is 17.2 Å². The molecule has 4 atom stereocenters. The molecule has 1 aliphatic heterocycles. The van der Waals surface area contributed by atoms with E-state index in [0.29, 0.717) is 66.6 Å². The molecule has 12 nitrogen and oxygen atoms in total. The number of nitrogens with one attached hydrogen (secondary N) is 1. The Morgan fingerprint density at radius 3 is 2.28 bits per heavy atom. The number of rotatable bonds is 22. The van der Waals surface area contributed by atoms with Crippen LogP contribution in [0.25, 0.3) is 0 Å². The molecule has 314 valence electrons. The van der Waals surface area contributed by atoms with Crippen molar-refractivity contribution in [2.75, 3.05) is 60.2 Å². The largest absolute Gasteiger partial charge is 0.493 e. The predicted octanol–water partition coefficient (Wildman–Crippen LogP) is 7.28. The van der Waals surface area contributed by atoms with Crippen molar-refractivity contribution in [1.29, 1.82) is 0 Å². The van der Waals surface area contributed by atoms with Crippen molar-refractivity contribution in [3.05, 3.63) is 86.9 Å². The molecule has 0 bridgehead atoms. The Balaban J connectivity index is 1.05. The zero-order valence-corrected chi connectivity index (χ0v) is 35.0. The van der Waals surface area contributed by atoms with Gasteiger partial charge in [0.15, 0.2) is 19.3 Å². The van der Waals surface area contributed by atoms with Crippen LogP contribution in [-0.2, 0) is 46.3 Å². The van der Waals surface area contributed by atoms with Gasteiger partial charge >= 0.3 is 11.9 Å². The van der Waals surface area contributed by atoms with Crippen LogP contribution in [0.3, 0.4) is 0 Å². The maximum atomic E-state index is 14.5. The van der Waals surface area contributed by atoms with Gasteiger partial charge in [0.25, 0.3) is 0 Å². The Morgan fingerprint density at radius 1 is 0.828 bits per heavy atom. The van der Waals surface area contributed by atoms with Crippen molar-refractivity contribution in [2.24, 2.45) is 17.8 Å². The van der Waals surface area contributed by atoms with Crippen molar-refractivity contribution < 1.29 is 47.5 Å². The second kappa shape index (κ2) is 21.3. The molecule has 14 heteroatoms. The number of carbonyl (C=O) groups excluding carboxylic acids is 3. The zero-order chi connectivity index (χ0) is 41.0. The molecular weight excluding hydrogens is 787 g/mol. The topological polar surface area (TPSA) is 131 Å². The first-order chi connectivity index (χ1) is 28.1. The molecule has 3 aliphatic rings. The van der Waals surface area contributed by atoms with Gasteiger partial charge in [-0.25, -0.2) is 0 Å². The van der Waals surface area contributed by atoms with Crippen LogP contribution in [0.2, 0.25) is 10.0 Å². The summed E-state index contributed by atoms with van der Waals surface area (Å²) in [6, 6.07) is 18.1. The first-order valence-corrected chi connectivity index (χ1v) is 20.8. The van der Waals surface area contributed by atoms with Gasteiger partial charge in [0.2, 0.25) is 5.91 Å². The van der Waals surface area contributed by atoms with E-state index in [4.69, 9.17) is 51.6 Å². The number of methoxy groups -OCH3 is 1. The smallest absolute Gasteiger partial charge is 0.311 e. The molecule has 1 amide bonds. The number of ether oxygens (including phenoxy) is 7. The molecule has 0 unspecified atom stereocenters. The molecule has 1 heterocycles. The first-order valence-electron chi connectivity index (χ1n) is 20.0. The van der Waals surface area contributed by atoms with E-state index < -0.39 is 5.97 Å². The van der Waals surface area contributed by atoms with Gasteiger partial charge in [-0.1, -0.05) is 41.4 Å². The maximum Gasteiger partial charge on any atom is 0.311 e. The third kappa shape index (κ3) is 12.7. The third-order valence-electron chi connectivity index (χ3n) is 10.6. The highest BCUT2D eigenvalue weighted by Gasteiger charge is 2.45. The highest BCUT2D eigenvalue weighted by Crippen LogP contribution is 2.41. The minimum atomic E-state index is -0.472. The summed E-state index contributed by atoms with van der Waals surface area (Å²) < 4.78 is 38.2. The lowest BCUT2D eigenvalue weighted by molar-refractivity contribution is -0.176. The summed E-state index contributed by atoms with van der Waals surface area (Å²) in [4.78, 5) is 39.9. The number of nitrogens with zero attached hydrogens (tertiary/aromatic N) is 1. The molecule has 2 aliphatic carbocycles. The highest BCUT2D eigenvalue weighted by molar-refractivity contribution is 6.37. The summed E-state index contributed by atoms with van der Waals surface area (Å²) in [5.74, 6) is 0.821. The monoisotopic (exact) mass is 840 g/mol. The van der Waals surface area contributed by atoms with Gasteiger partial charge in [-0.15, -0.1) is 0 Å². The Morgan fingerprint density at radius 2 is 1.55 bits per heavy atom. The average molecular weight is 842 g/mol. The molecular formula is C44H54Cl2N2O10. The zero-order valence-electron chi connectivity index (χ0n) is 33.5. The average Bonchev–Trinajstić information content (AvgIpc) is 4.15. The van der Waals surface area contributed by atoms with Crippen LogP contribution in [-0.4, -0.2) is 89.0 Å². The Labute approximate surface area is 350 Å². The molecule has 3 fully saturated rings. The lowest BCUT2D eigenvalue weighted by atomic mass is 9.80. The van der Waals surface area contributed by atoms with Gasteiger partial charge in [0, 0.05) is 45.7 Å². The standard InChI is InChI=1S/C44H54Cl2N2O10/c1-28-17-40(45)42(41(46)18-28)55-16-15-54-35-10-6-32(7-11-35)37-12-13-47-23-39(37)43(50)48(34-8-9-34)24-31-19-30(5-4-14-52-3)20-36(21-31)56-25-33-22-38(33)44(51)58-27-53-26-57-29(2)49/h6-7,10-11,17-21,33-34,37-39,47H,4-5,8-9,12-16,22-27H2,1-3H3/t33-,37+,38+,39-/m0/s1. The summed E-state index contributed by atoms with van der Waals surface area (Å²) in [7, 11) is 1.70. The molecule has 1 N–H and O–H groups in total. The number of hydrogen-bond donors (Lipinski definition) is 1. The van der Waals surface area contributed by atoms with Gasteiger partial charge in [0.1, 0.15) is 24.7 Å². The molecule has 58 heavy (non-hydrogen) atoms. The van der Waals surface area contributed by atoms with E-state index in [1.165, 1.54) is 6.92 Å². The molecule has 3 aromatic carbocycles. The van der Waals surface area contributed by atoms with Crippen molar-refractivity contribution in [3.63, 3.8) is 0 Å². The fraction of sp³-hybridized carbons (Fsp3) is 0.523. The molecule has 3 aromatic rings. The van der Waals surface area contributed by atoms with E-state index in [9.17, 15) is 14.4 Å². The van der Waals surface area contributed by atoms with E-state index in [1.54, 1.807) is 7.11 Å². The van der Waals surface area contributed by atoms with Crippen LogP contribution in [0.15, 0.2) is 54.6 Å². The number of halogens is 2. The summed E-state index contributed by atoms with van der Waals surface area (Å²) in [5.41, 5.74) is 4.20. The predicted molar refractivity (Wildman–Crippen MR) is 218 cm³/mol. The van der Waals surface area contributed by atoms with Crippen LogP contribution >= 0.6 is 23.2 Å². The number of amides is 1. The summed E-state index contributed by atoms with van der Waals surface area (Å²) in [6.07, 6.45) is 5.14. The van der Waals surface area contributed by atoms with Crippen LogP contribution < -0.4 is 19.5 Å². The van der Waals surface area contributed by atoms with E-state index in [0.717, 1.165) is 60.9 Å². The lowest BCUT2D eigenvalue weighted by Gasteiger charge is -2.36. The maximum absolute atomic E-state index is 14.5. The molecule has 6 rings (SSSR count). The SMILES string of the molecule is COCCCc1cc(CN(C(=O)[C@H]2CNCC[C@@H]2c2ccc(OCCOc3c(Cl)cc(C)cc3Cl)cc2)C2CC2)cc(OC[C@@H]2C[C@H]2C(=O)OCOCOC(C)=O)c1. The van der Waals surface area contributed by atoms with Crippen LogP contribution in [0, 0.1) is 24.7 Å². The van der Waals surface area contributed by atoms with Crippen LogP contribution in [0.4, 0.5) is 0 Å². The molecule has 0 spiro atoms. The number of piperidine rings is 1. The number of hydrogen-bond acceptors (Lipinski definition) is 11. The van der Waals surface area contributed by atoms with Crippen molar-refractivity contribution in [2.45, 2.75) is 70.9 Å². The molecule has 0 aromatic heterocycles. The number of benzene rings is 3.